The van der Waals surface area contributed by atoms with Crippen molar-refractivity contribution in [3.8, 4) is 0 Å². The van der Waals surface area contributed by atoms with Crippen molar-refractivity contribution >= 4 is 33.4 Å². The Balaban J connectivity index is 1.29. The van der Waals surface area contributed by atoms with E-state index in [1.54, 1.807) is 4.90 Å². The third-order valence-electron chi connectivity index (χ3n) is 5.70. The van der Waals surface area contributed by atoms with Crippen LogP contribution < -0.4 is 4.90 Å². The average Bonchev–Trinajstić information content (AvgIpc) is 3.14. The average molecular weight is 457 g/mol. The second kappa shape index (κ2) is 9.09. The molecule has 2 saturated heterocycles. The first-order chi connectivity index (χ1) is 14.1. The van der Waals surface area contributed by atoms with Crippen molar-refractivity contribution in [2.45, 2.75) is 32.0 Å². The molecule has 5 nitrogen and oxygen atoms in total. The van der Waals surface area contributed by atoms with Crippen LogP contribution in [0, 0.1) is 5.92 Å². The monoisotopic (exact) mass is 456 g/mol. The molecule has 2 fully saturated rings. The molecule has 2 amide bonds. The van der Waals surface area contributed by atoms with Gasteiger partial charge in [-0.05, 0) is 46.5 Å². The second-order valence-electron chi connectivity index (χ2n) is 7.68. The van der Waals surface area contributed by atoms with Crippen LogP contribution in [-0.2, 0) is 20.9 Å². The van der Waals surface area contributed by atoms with Crippen LogP contribution in [0.1, 0.15) is 24.8 Å². The predicted octanol–water partition coefficient (Wildman–Crippen LogP) is 4.01. The number of halogens is 1. The second-order valence-corrected chi connectivity index (χ2v) is 8.53. The highest BCUT2D eigenvalue weighted by atomic mass is 79.9. The zero-order valence-corrected chi connectivity index (χ0v) is 17.9. The van der Waals surface area contributed by atoms with Crippen LogP contribution in [0.5, 0.6) is 0 Å². The van der Waals surface area contributed by atoms with E-state index in [1.165, 1.54) is 5.56 Å². The highest BCUT2D eigenvalue weighted by Crippen LogP contribution is 2.32. The van der Waals surface area contributed by atoms with Crippen molar-refractivity contribution < 1.29 is 14.3 Å². The number of piperidine rings is 1. The summed E-state index contributed by atoms with van der Waals surface area (Å²) in [6.07, 6.45) is 2.14. The lowest BCUT2D eigenvalue weighted by Crippen LogP contribution is -2.44. The third-order valence-corrected chi connectivity index (χ3v) is 6.37. The Kier molecular flexibility index (Phi) is 6.31. The fraction of sp³-hybridized carbons (Fsp3) is 0.391. The van der Waals surface area contributed by atoms with E-state index in [9.17, 15) is 9.59 Å². The van der Waals surface area contributed by atoms with Crippen molar-refractivity contribution in [3.05, 3.63) is 64.6 Å². The molecule has 0 N–H and O–H groups in total. The summed E-state index contributed by atoms with van der Waals surface area (Å²) in [6.45, 7) is 2.44. The van der Waals surface area contributed by atoms with Gasteiger partial charge >= 0.3 is 0 Å². The van der Waals surface area contributed by atoms with Crippen LogP contribution in [0.3, 0.4) is 0 Å². The fourth-order valence-electron chi connectivity index (χ4n) is 4.07. The summed E-state index contributed by atoms with van der Waals surface area (Å²) < 4.78 is 6.90. The molecule has 6 heteroatoms. The molecule has 2 aliphatic heterocycles. The SMILES string of the molecule is O=C(C1CC(=O)N(c2ccccc2Br)C1)N1CCC(OCc2ccccc2)CC1. The molecule has 0 bridgehead atoms. The van der Waals surface area contributed by atoms with Gasteiger partial charge in [-0.1, -0.05) is 42.5 Å². The van der Waals surface area contributed by atoms with E-state index in [0.29, 0.717) is 26.2 Å². The Bertz CT molecular complexity index is 865. The number of benzene rings is 2. The molecule has 4 rings (SSSR count). The number of para-hydroxylation sites is 1. The number of likely N-dealkylation sites (tertiary alicyclic amines) is 1. The van der Waals surface area contributed by atoms with Crippen LogP contribution in [0.4, 0.5) is 5.69 Å². The van der Waals surface area contributed by atoms with Crippen LogP contribution >= 0.6 is 15.9 Å². The van der Waals surface area contributed by atoms with E-state index in [1.807, 2.05) is 47.4 Å². The van der Waals surface area contributed by atoms with Crippen molar-refractivity contribution in [1.29, 1.82) is 0 Å². The molecule has 2 heterocycles. The minimum atomic E-state index is -0.267. The zero-order chi connectivity index (χ0) is 20.2. The maximum absolute atomic E-state index is 13.0. The summed E-state index contributed by atoms with van der Waals surface area (Å²) >= 11 is 3.50. The summed E-state index contributed by atoms with van der Waals surface area (Å²) in [5, 5.41) is 0. The smallest absolute Gasteiger partial charge is 0.228 e. The number of rotatable bonds is 5. The highest BCUT2D eigenvalue weighted by molar-refractivity contribution is 9.10. The number of ether oxygens (including phenoxy) is 1. The number of carbonyl (C=O) groups is 2. The maximum atomic E-state index is 13.0. The Morgan fingerprint density at radius 1 is 1.03 bits per heavy atom. The number of hydrogen-bond donors (Lipinski definition) is 0. The molecule has 0 radical (unpaired) electrons. The van der Waals surface area contributed by atoms with Gasteiger partial charge in [-0.15, -0.1) is 0 Å². The lowest BCUT2D eigenvalue weighted by molar-refractivity contribution is -0.138. The third kappa shape index (κ3) is 4.70. The molecular weight excluding hydrogens is 432 g/mol. The Morgan fingerprint density at radius 3 is 2.45 bits per heavy atom. The normalized spacial score (nSPS) is 20.3. The van der Waals surface area contributed by atoms with Gasteiger partial charge in [0, 0.05) is 30.5 Å². The summed E-state index contributed by atoms with van der Waals surface area (Å²) in [7, 11) is 0. The van der Waals surface area contributed by atoms with E-state index >= 15 is 0 Å². The molecule has 0 aromatic heterocycles. The van der Waals surface area contributed by atoms with Crippen LogP contribution in [0.2, 0.25) is 0 Å². The van der Waals surface area contributed by atoms with E-state index in [4.69, 9.17) is 4.74 Å². The van der Waals surface area contributed by atoms with Gasteiger partial charge in [0.15, 0.2) is 0 Å². The Labute approximate surface area is 179 Å². The number of anilines is 1. The highest BCUT2D eigenvalue weighted by Gasteiger charge is 2.38. The number of nitrogens with zero attached hydrogens (tertiary/aromatic N) is 2. The van der Waals surface area contributed by atoms with Crippen LogP contribution in [0.15, 0.2) is 59.1 Å². The van der Waals surface area contributed by atoms with Gasteiger partial charge in [0.1, 0.15) is 0 Å². The molecule has 1 unspecified atom stereocenters. The molecule has 2 aliphatic rings. The molecule has 152 valence electrons. The largest absolute Gasteiger partial charge is 0.373 e. The number of carbonyl (C=O) groups excluding carboxylic acids is 2. The first-order valence-electron chi connectivity index (χ1n) is 10.1. The van der Waals surface area contributed by atoms with Crippen molar-refractivity contribution in [1.82, 2.24) is 4.90 Å². The van der Waals surface area contributed by atoms with Crippen molar-refractivity contribution in [2.75, 3.05) is 24.5 Å². The van der Waals surface area contributed by atoms with Crippen molar-refractivity contribution in [2.24, 2.45) is 5.92 Å². The maximum Gasteiger partial charge on any atom is 0.228 e. The van der Waals surface area contributed by atoms with E-state index in [2.05, 4.69) is 28.1 Å². The molecule has 29 heavy (non-hydrogen) atoms. The van der Waals surface area contributed by atoms with Gasteiger partial charge in [-0.25, -0.2) is 0 Å². The van der Waals surface area contributed by atoms with Gasteiger partial charge in [-0.2, -0.15) is 0 Å². The first-order valence-corrected chi connectivity index (χ1v) is 10.9. The number of amides is 2. The van der Waals surface area contributed by atoms with Gasteiger partial charge in [-0.3, -0.25) is 9.59 Å². The zero-order valence-electron chi connectivity index (χ0n) is 16.3. The van der Waals surface area contributed by atoms with Gasteiger partial charge in [0.25, 0.3) is 0 Å². The summed E-state index contributed by atoms with van der Waals surface area (Å²) in [6, 6.07) is 17.8. The summed E-state index contributed by atoms with van der Waals surface area (Å²) in [4.78, 5) is 29.1. The summed E-state index contributed by atoms with van der Waals surface area (Å²) in [5.41, 5.74) is 2.00. The van der Waals surface area contributed by atoms with E-state index in [0.717, 1.165) is 23.0 Å². The molecule has 1 atom stereocenters. The quantitative estimate of drug-likeness (QED) is 0.682. The van der Waals surface area contributed by atoms with Crippen LogP contribution in [0.25, 0.3) is 0 Å². The lowest BCUT2D eigenvalue weighted by Gasteiger charge is -2.33. The summed E-state index contributed by atoms with van der Waals surface area (Å²) in [5.74, 6) is -0.165. The molecule has 2 aromatic rings. The van der Waals surface area contributed by atoms with Crippen LogP contribution in [-0.4, -0.2) is 42.5 Å². The van der Waals surface area contributed by atoms with E-state index in [-0.39, 0.29) is 30.3 Å². The topological polar surface area (TPSA) is 49.9 Å². The minimum Gasteiger partial charge on any atom is -0.373 e. The van der Waals surface area contributed by atoms with Gasteiger partial charge in [0.2, 0.25) is 11.8 Å². The van der Waals surface area contributed by atoms with Gasteiger partial charge in [0.05, 0.1) is 24.3 Å². The first kappa shape index (κ1) is 20.1. The minimum absolute atomic E-state index is 0.0105. The standard InChI is InChI=1S/C23H25BrN2O3/c24-20-8-4-5-9-21(20)26-15-18(14-22(26)27)23(28)25-12-10-19(11-13-25)29-16-17-6-2-1-3-7-17/h1-9,18-19H,10-16H2. The molecule has 0 spiro atoms. The Hall–Kier alpha value is -2.18. The molecule has 2 aromatic carbocycles. The lowest BCUT2D eigenvalue weighted by atomic mass is 10.0. The van der Waals surface area contributed by atoms with Crippen molar-refractivity contribution in [3.63, 3.8) is 0 Å². The predicted molar refractivity (Wildman–Crippen MR) is 115 cm³/mol. The molecule has 0 aliphatic carbocycles. The fourth-order valence-corrected chi connectivity index (χ4v) is 4.56. The Morgan fingerprint density at radius 2 is 1.72 bits per heavy atom. The van der Waals surface area contributed by atoms with Gasteiger partial charge < -0.3 is 14.5 Å². The van der Waals surface area contributed by atoms with E-state index < -0.39 is 0 Å². The number of hydrogen-bond acceptors (Lipinski definition) is 3. The molecule has 0 saturated carbocycles. The molecular formula is C23H25BrN2O3.